The van der Waals surface area contributed by atoms with E-state index in [-0.39, 0.29) is 18.0 Å². The normalized spacial score (nSPS) is 17.4. The average Bonchev–Trinajstić information content (AvgIpc) is 3.06. The maximum Gasteiger partial charge on any atom is 0.407 e. The van der Waals surface area contributed by atoms with Gasteiger partial charge in [0.25, 0.3) is 0 Å². The van der Waals surface area contributed by atoms with Gasteiger partial charge in [-0.25, -0.2) is 9.18 Å². The molecule has 1 aromatic heterocycles. The molecule has 1 unspecified atom stereocenters. The molecule has 3 rings (SSSR count). The van der Waals surface area contributed by atoms with Crippen molar-refractivity contribution in [1.82, 2.24) is 15.5 Å². The van der Waals surface area contributed by atoms with Gasteiger partial charge in [-0.3, -0.25) is 0 Å². The Morgan fingerprint density at radius 3 is 2.96 bits per heavy atom. The van der Waals surface area contributed by atoms with Crippen molar-refractivity contribution >= 4 is 22.6 Å². The number of carbonyl (C=O) groups is 1. The van der Waals surface area contributed by atoms with Gasteiger partial charge in [0, 0.05) is 25.6 Å². The van der Waals surface area contributed by atoms with E-state index in [9.17, 15) is 9.18 Å². The van der Waals surface area contributed by atoms with Crippen molar-refractivity contribution in [3.63, 3.8) is 0 Å². The van der Waals surface area contributed by atoms with Gasteiger partial charge in [-0.05, 0) is 37.5 Å². The molecule has 0 bridgehead atoms. The predicted octanol–water partition coefficient (Wildman–Crippen LogP) is 2.98. The van der Waals surface area contributed by atoms with E-state index in [0.29, 0.717) is 19.6 Å². The molecule has 25 heavy (non-hydrogen) atoms. The lowest BCUT2D eigenvalue weighted by atomic mass is 10.1. The van der Waals surface area contributed by atoms with Gasteiger partial charge in [0.2, 0.25) is 5.13 Å². The summed E-state index contributed by atoms with van der Waals surface area (Å²) >= 11 is 1.54. The van der Waals surface area contributed by atoms with Crippen LogP contribution in [0.4, 0.5) is 14.3 Å². The van der Waals surface area contributed by atoms with Crippen LogP contribution >= 0.6 is 11.3 Å². The van der Waals surface area contributed by atoms with Gasteiger partial charge in [-0.15, -0.1) is 10.2 Å². The highest BCUT2D eigenvalue weighted by atomic mass is 32.1. The Kier molecular flexibility index (Phi) is 5.80. The van der Waals surface area contributed by atoms with Crippen LogP contribution in [0.5, 0.6) is 0 Å². The molecular weight excluding hydrogens is 343 g/mol. The predicted molar refractivity (Wildman–Crippen MR) is 94.5 cm³/mol. The molecule has 1 amide bonds. The quantitative estimate of drug-likeness (QED) is 0.883. The minimum absolute atomic E-state index is 0.0530. The number of ether oxygens (including phenoxy) is 1. The number of alkyl carbamates (subject to hydrolysis) is 1. The van der Waals surface area contributed by atoms with E-state index in [1.54, 1.807) is 19.1 Å². The van der Waals surface area contributed by atoms with Crippen molar-refractivity contribution in [2.45, 2.75) is 32.2 Å². The molecule has 0 radical (unpaired) electrons. The van der Waals surface area contributed by atoms with Crippen LogP contribution in [-0.2, 0) is 11.2 Å². The molecule has 1 N–H and O–H groups in total. The summed E-state index contributed by atoms with van der Waals surface area (Å²) in [6, 6.07) is 6.48. The van der Waals surface area contributed by atoms with Crippen LogP contribution in [0.15, 0.2) is 24.3 Å². The minimum atomic E-state index is -0.372. The summed E-state index contributed by atoms with van der Waals surface area (Å²) in [4.78, 5) is 13.7. The molecule has 1 aromatic carbocycles. The van der Waals surface area contributed by atoms with E-state index in [1.165, 1.54) is 23.5 Å². The number of benzene rings is 1. The number of amides is 1. The summed E-state index contributed by atoms with van der Waals surface area (Å²) in [5.74, 6) is -0.241. The summed E-state index contributed by atoms with van der Waals surface area (Å²) in [6.45, 7) is 3.75. The second kappa shape index (κ2) is 8.24. The van der Waals surface area contributed by atoms with Crippen LogP contribution in [0.25, 0.3) is 0 Å². The highest BCUT2D eigenvalue weighted by Crippen LogP contribution is 2.25. The van der Waals surface area contributed by atoms with Crippen LogP contribution in [0.2, 0.25) is 0 Å². The van der Waals surface area contributed by atoms with Crippen molar-refractivity contribution in [3.05, 3.63) is 40.7 Å². The Bertz CT molecular complexity index is 707. The number of carbonyl (C=O) groups excluding carboxylic acids is 1. The number of halogens is 1. The topological polar surface area (TPSA) is 67.3 Å². The number of nitrogens with one attached hydrogen (secondary N) is 1. The van der Waals surface area contributed by atoms with Crippen molar-refractivity contribution in [2.75, 3.05) is 24.6 Å². The van der Waals surface area contributed by atoms with Gasteiger partial charge in [0.15, 0.2) is 0 Å². The fourth-order valence-electron chi connectivity index (χ4n) is 2.83. The first kappa shape index (κ1) is 17.6. The number of nitrogens with zero attached hydrogens (tertiary/aromatic N) is 3. The molecule has 1 aliphatic heterocycles. The number of anilines is 1. The van der Waals surface area contributed by atoms with Crippen LogP contribution in [0, 0.1) is 5.82 Å². The molecule has 1 fully saturated rings. The van der Waals surface area contributed by atoms with Crippen molar-refractivity contribution < 1.29 is 13.9 Å². The summed E-state index contributed by atoms with van der Waals surface area (Å²) in [5, 5.41) is 13.2. The van der Waals surface area contributed by atoms with E-state index < -0.39 is 0 Å². The number of rotatable bonds is 5. The molecule has 8 heteroatoms. The third kappa shape index (κ3) is 4.88. The van der Waals surface area contributed by atoms with Crippen molar-refractivity contribution in [2.24, 2.45) is 0 Å². The van der Waals surface area contributed by atoms with Crippen LogP contribution in [-0.4, -0.2) is 42.0 Å². The molecule has 2 aromatic rings. The zero-order chi connectivity index (χ0) is 17.6. The second-order valence-corrected chi connectivity index (χ2v) is 6.97. The van der Waals surface area contributed by atoms with Gasteiger partial charge >= 0.3 is 6.09 Å². The van der Waals surface area contributed by atoms with Gasteiger partial charge in [0.1, 0.15) is 10.8 Å². The van der Waals surface area contributed by atoms with Gasteiger partial charge in [-0.2, -0.15) is 0 Å². The lowest BCUT2D eigenvalue weighted by Gasteiger charge is -2.32. The Morgan fingerprint density at radius 2 is 2.20 bits per heavy atom. The van der Waals surface area contributed by atoms with E-state index in [4.69, 9.17) is 4.74 Å². The summed E-state index contributed by atoms with van der Waals surface area (Å²) < 4.78 is 17.9. The SMILES string of the molecule is CCOC(=O)NC1CCCN(c2nnc(Cc3ccc(F)cc3)s2)C1. The lowest BCUT2D eigenvalue weighted by Crippen LogP contribution is -2.48. The number of aromatic nitrogens is 2. The molecule has 1 saturated heterocycles. The first-order valence-electron chi connectivity index (χ1n) is 8.39. The first-order valence-corrected chi connectivity index (χ1v) is 9.20. The molecule has 0 spiro atoms. The summed E-state index contributed by atoms with van der Waals surface area (Å²) in [7, 11) is 0. The monoisotopic (exact) mass is 364 g/mol. The highest BCUT2D eigenvalue weighted by molar-refractivity contribution is 7.15. The van der Waals surface area contributed by atoms with Crippen LogP contribution < -0.4 is 10.2 Å². The van der Waals surface area contributed by atoms with Gasteiger partial charge in [-0.1, -0.05) is 23.5 Å². The second-order valence-electron chi connectivity index (χ2n) is 5.93. The zero-order valence-corrected chi connectivity index (χ0v) is 14.9. The number of hydrogen-bond donors (Lipinski definition) is 1. The molecule has 0 saturated carbocycles. The Hall–Kier alpha value is -2.22. The molecule has 6 nitrogen and oxygen atoms in total. The Morgan fingerprint density at radius 1 is 1.40 bits per heavy atom. The fourth-order valence-corrected chi connectivity index (χ4v) is 3.74. The molecule has 0 aliphatic carbocycles. The van der Waals surface area contributed by atoms with Crippen molar-refractivity contribution in [1.29, 1.82) is 0 Å². The summed E-state index contributed by atoms with van der Waals surface area (Å²) in [6.07, 6.45) is 2.17. The Labute approximate surface area is 150 Å². The van der Waals surface area contributed by atoms with Gasteiger partial charge < -0.3 is 15.0 Å². The highest BCUT2D eigenvalue weighted by Gasteiger charge is 2.24. The maximum absolute atomic E-state index is 13.0. The number of hydrogen-bond acceptors (Lipinski definition) is 6. The first-order chi connectivity index (χ1) is 12.1. The van der Waals surface area contributed by atoms with Crippen molar-refractivity contribution in [3.8, 4) is 0 Å². The smallest absolute Gasteiger partial charge is 0.407 e. The Balaban J connectivity index is 1.59. The lowest BCUT2D eigenvalue weighted by molar-refractivity contribution is 0.146. The van der Waals surface area contributed by atoms with E-state index >= 15 is 0 Å². The third-order valence-electron chi connectivity index (χ3n) is 4.01. The van der Waals surface area contributed by atoms with E-state index in [0.717, 1.165) is 35.1 Å². The zero-order valence-electron chi connectivity index (χ0n) is 14.1. The van der Waals surface area contributed by atoms with Gasteiger partial charge in [0.05, 0.1) is 6.61 Å². The van der Waals surface area contributed by atoms with E-state index in [1.807, 2.05) is 0 Å². The maximum atomic E-state index is 13.0. The largest absolute Gasteiger partial charge is 0.450 e. The standard InChI is InChI=1S/C17H21FN4O2S/c1-2-24-17(23)19-14-4-3-9-22(11-14)16-21-20-15(25-16)10-12-5-7-13(18)8-6-12/h5-8,14H,2-4,9-11H2,1H3,(H,19,23). The fraction of sp³-hybridized carbons (Fsp3) is 0.471. The molecule has 134 valence electrons. The molecule has 1 aliphatic rings. The third-order valence-corrected chi connectivity index (χ3v) is 5.00. The van der Waals surface area contributed by atoms with Crippen LogP contribution in [0.1, 0.15) is 30.3 Å². The summed E-state index contributed by atoms with van der Waals surface area (Å²) in [5.41, 5.74) is 1.00. The van der Waals surface area contributed by atoms with E-state index in [2.05, 4.69) is 20.4 Å². The average molecular weight is 364 g/mol. The minimum Gasteiger partial charge on any atom is -0.450 e. The molecule has 1 atom stereocenters. The number of piperidine rings is 1. The van der Waals surface area contributed by atoms with Crippen LogP contribution in [0.3, 0.4) is 0 Å². The molecular formula is C17H21FN4O2S. The molecule has 2 heterocycles.